The molecule has 12 heteroatoms. The van der Waals surface area contributed by atoms with Crippen LogP contribution in [0.1, 0.15) is 75.6 Å². The number of aryl methyl sites for hydroxylation is 3. The fraction of sp³-hybridized carbons (Fsp3) is 0.395. The van der Waals surface area contributed by atoms with Gasteiger partial charge in [0.05, 0.1) is 36.3 Å². The lowest BCUT2D eigenvalue weighted by Crippen LogP contribution is -2.55. The number of amides is 2. The minimum absolute atomic E-state index is 0.0106. The van der Waals surface area contributed by atoms with Crippen molar-refractivity contribution in [2.24, 2.45) is 5.92 Å². The van der Waals surface area contributed by atoms with Crippen molar-refractivity contribution in [1.29, 1.82) is 0 Å². The van der Waals surface area contributed by atoms with E-state index in [2.05, 4.69) is 10.3 Å². The number of aromatic nitrogens is 1. The van der Waals surface area contributed by atoms with Gasteiger partial charge in [-0.05, 0) is 85.0 Å². The quantitative estimate of drug-likeness (QED) is 0.0668. The highest BCUT2D eigenvalue weighted by Gasteiger charge is 2.48. The van der Waals surface area contributed by atoms with Gasteiger partial charge in [0.1, 0.15) is 17.1 Å². The van der Waals surface area contributed by atoms with Gasteiger partial charge in [-0.2, -0.15) is 0 Å². The highest BCUT2D eigenvalue weighted by atomic mass is 32.1. The first-order chi connectivity index (χ1) is 24.1. The predicted molar refractivity (Wildman–Crippen MR) is 188 cm³/mol. The summed E-state index contributed by atoms with van der Waals surface area (Å²) in [7, 11) is 0. The number of halogens is 1. The molecule has 1 aliphatic heterocycles. The predicted octanol–water partition coefficient (Wildman–Crippen LogP) is 4.05. The molecule has 2 amide bonds. The number of carbonyl (C=O) groups excluding carboxylic acids is 2. The summed E-state index contributed by atoms with van der Waals surface area (Å²) in [5.41, 5.74) is 3.02. The molecular weight excluding hydrogens is 661 g/mol. The summed E-state index contributed by atoms with van der Waals surface area (Å²) in [6.07, 6.45) is 2.38. The summed E-state index contributed by atoms with van der Waals surface area (Å²) in [5, 5.41) is 54.2. The van der Waals surface area contributed by atoms with Crippen LogP contribution in [0.25, 0.3) is 0 Å². The van der Waals surface area contributed by atoms with Crippen molar-refractivity contribution in [2.45, 2.75) is 62.7 Å². The van der Waals surface area contributed by atoms with Crippen molar-refractivity contribution in [3.63, 3.8) is 0 Å². The van der Waals surface area contributed by atoms with E-state index in [9.17, 15) is 34.4 Å². The number of thiazole rings is 1. The number of hydrogen-bond acceptors (Lipinski definition) is 9. The van der Waals surface area contributed by atoms with Gasteiger partial charge in [-0.1, -0.05) is 48.5 Å². The van der Waals surface area contributed by atoms with Crippen molar-refractivity contribution in [1.82, 2.24) is 10.3 Å². The average Bonchev–Trinajstić information content (AvgIpc) is 3.62. The fourth-order valence-electron chi connectivity index (χ4n) is 6.13. The maximum Gasteiger partial charge on any atom is 0.270 e. The Balaban J connectivity index is 1.27. The zero-order chi connectivity index (χ0) is 35.7. The van der Waals surface area contributed by atoms with Gasteiger partial charge < -0.3 is 35.7 Å². The molecule has 0 unspecified atom stereocenters. The molecule has 4 aromatic rings. The van der Waals surface area contributed by atoms with Crippen LogP contribution in [0.2, 0.25) is 0 Å². The summed E-state index contributed by atoms with van der Waals surface area (Å²) in [6, 6.07) is 21.0. The maximum absolute atomic E-state index is 13.7. The molecule has 1 saturated heterocycles. The summed E-state index contributed by atoms with van der Waals surface area (Å²) in [5.74, 6) is -1.08. The Kier molecular flexibility index (Phi) is 12.8. The smallest absolute Gasteiger partial charge is 0.270 e. The molecule has 266 valence electrons. The molecule has 10 nitrogen and oxygen atoms in total. The number of rotatable bonds is 18. The number of nitrogens with zero attached hydrogens (tertiary/aromatic N) is 2. The van der Waals surface area contributed by atoms with Gasteiger partial charge in [0, 0.05) is 30.6 Å². The second kappa shape index (κ2) is 17.3. The number of hydrogen-bond donors (Lipinski definition) is 6. The number of aliphatic hydroxyl groups excluding tert-OH is 4. The Morgan fingerprint density at radius 1 is 0.940 bits per heavy atom. The van der Waals surface area contributed by atoms with Crippen LogP contribution in [-0.4, -0.2) is 74.3 Å². The van der Waals surface area contributed by atoms with E-state index in [0.717, 1.165) is 27.4 Å². The molecule has 50 heavy (non-hydrogen) atoms. The molecule has 0 saturated carbocycles. The first kappa shape index (κ1) is 37.2. The van der Waals surface area contributed by atoms with Crippen molar-refractivity contribution in [3.05, 3.63) is 117 Å². The van der Waals surface area contributed by atoms with Crippen molar-refractivity contribution in [3.8, 4) is 0 Å². The molecule has 6 N–H and O–H groups in total. The normalized spacial score (nSPS) is 16.7. The van der Waals surface area contributed by atoms with Crippen LogP contribution in [0.5, 0.6) is 0 Å². The molecule has 2 heterocycles. The average molecular weight is 706 g/mol. The van der Waals surface area contributed by atoms with Gasteiger partial charge in [0.15, 0.2) is 0 Å². The van der Waals surface area contributed by atoms with Crippen LogP contribution in [-0.2, 0) is 24.1 Å². The van der Waals surface area contributed by atoms with Crippen LogP contribution in [0, 0.1) is 11.7 Å². The SMILES string of the molecule is O=C(NCCCO)c1csc(CCc2ccc(N3C(=O)[C@H](CC[C@H](O)c4ccc(F)cc4)[C@H]3c3ccc(CCC(O)(CO)CO)cc3)cc2)n1. The number of nitrogens with one attached hydrogen (secondary N) is 1. The highest BCUT2D eigenvalue weighted by molar-refractivity contribution is 7.09. The van der Waals surface area contributed by atoms with Gasteiger partial charge in [0.2, 0.25) is 5.91 Å². The van der Waals surface area contributed by atoms with Gasteiger partial charge in [0.25, 0.3) is 5.91 Å². The third-order valence-electron chi connectivity index (χ3n) is 9.26. The number of anilines is 1. The van der Waals surface area contributed by atoms with Crippen LogP contribution in [0.3, 0.4) is 0 Å². The molecular formula is C38H44FN3O7S. The zero-order valence-electron chi connectivity index (χ0n) is 27.7. The van der Waals surface area contributed by atoms with E-state index in [-0.39, 0.29) is 42.6 Å². The van der Waals surface area contributed by atoms with Crippen LogP contribution in [0.4, 0.5) is 10.1 Å². The fourth-order valence-corrected chi connectivity index (χ4v) is 6.91. The summed E-state index contributed by atoms with van der Waals surface area (Å²) < 4.78 is 13.4. The molecule has 5 rings (SSSR count). The molecule has 0 aliphatic carbocycles. The number of β-lactam (4-membered cyclic amide) rings is 1. The van der Waals surface area contributed by atoms with Crippen molar-refractivity contribution < 1.29 is 39.5 Å². The van der Waals surface area contributed by atoms with E-state index in [1.54, 1.807) is 22.4 Å². The number of aliphatic hydroxyl groups is 5. The lowest BCUT2D eigenvalue weighted by molar-refractivity contribution is -0.131. The summed E-state index contributed by atoms with van der Waals surface area (Å²) in [4.78, 5) is 32.2. The first-order valence-corrected chi connectivity index (χ1v) is 17.7. The third-order valence-corrected chi connectivity index (χ3v) is 10.2. The van der Waals surface area contributed by atoms with Crippen molar-refractivity contribution >= 4 is 28.8 Å². The third kappa shape index (κ3) is 9.19. The molecule has 3 aromatic carbocycles. The van der Waals surface area contributed by atoms with Crippen molar-refractivity contribution in [2.75, 3.05) is 31.3 Å². The lowest BCUT2D eigenvalue weighted by atomic mass is 9.78. The topological polar surface area (TPSA) is 163 Å². The Hall–Kier alpha value is -4.04. The number of carbonyl (C=O) groups is 2. The lowest BCUT2D eigenvalue weighted by Gasteiger charge is -2.48. The molecule has 1 aliphatic rings. The maximum atomic E-state index is 13.7. The van der Waals surface area contributed by atoms with E-state index < -0.39 is 24.9 Å². The van der Waals surface area contributed by atoms with Crippen LogP contribution < -0.4 is 10.2 Å². The van der Waals surface area contributed by atoms with Crippen LogP contribution >= 0.6 is 11.3 Å². The van der Waals surface area contributed by atoms with E-state index in [0.29, 0.717) is 56.3 Å². The van der Waals surface area contributed by atoms with Gasteiger partial charge in [-0.15, -0.1) is 11.3 Å². The molecule has 3 atom stereocenters. The molecule has 0 bridgehead atoms. The minimum Gasteiger partial charge on any atom is -0.396 e. The molecule has 0 spiro atoms. The summed E-state index contributed by atoms with van der Waals surface area (Å²) in [6.45, 7) is -0.678. The Morgan fingerprint density at radius 3 is 2.26 bits per heavy atom. The molecule has 0 radical (unpaired) electrons. The van der Waals surface area contributed by atoms with E-state index in [1.807, 2.05) is 48.5 Å². The van der Waals surface area contributed by atoms with Gasteiger partial charge in [-0.25, -0.2) is 9.37 Å². The minimum atomic E-state index is -1.56. The summed E-state index contributed by atoms with van der Waals surface area (Å²) >= 11 is 1.43. The standard InChI is InChI=1S/C38H44FN3O7S/c39-29-11-9-27(10-12-29)33(46)16-15-31-35(28-7-2-26(3-8-28)18-19-38(49,23-44)24-45)42(37(31)48)30-13-4-25(5-14-30)6-17-34-41-32(22-50-34)36(47)40-20-1-21-43/h2-5,7-14,22,31,33,35,43-46,49H,1,6,15-21,23-24H2,(H,40,47)/t31-,33+,35-/m1/s1. The second-order valence-corrected chi connectivity index (χ2v) is 13.8. The second-order valence-electron chi connectivity index (χ2n) is 12.8. The van der Waals surface area contributed by atoms with E-state index >= 15 is 0 Å². The van der Waals surface area contributed by atoms with Crippen LogP contribution in [0.15, 0.2) is 78.2 Å². The Labute approximate surface area is 294 Å². The Bertz CT molecular complexity index is 1690. The number of benzene rings is 3. The highest BCUT2D eigenvalue weighted by Crippen LogP contribution is 2.46. The zero-order valence-corrected chi connectivity index (χ0v) is 28.6. The largest absolute Gasteiger partial charge is 0.396 e. The van der Waals surface area contributed by atoms with E-state index in [4.69, 9.17) is 5.11 Å². The van der Waals surface area contributed by atoms with Gasteiger partial charge >= 0.3 is 0 Å². The monoisotopic (exact) mass is 705 g/mol. The molecule has 1 fully saturated rings. The first-order valence-electron chi connectivity index (χ1n) is 16.9. The van der Waals surface area contributed by atoms with E-state index in [1.165, 1.54) is 23.5 Å². The molecule has 1 aromatic heterocycles. The van der Waals surface area contributed by atoms with Gasteiger partial charge in [-0.3, -0.25) is 9.59 Å². The Morgan fingerprint density at radius 2 is 1.60 bits per heavy atom.